The summed E-state index contributed by atoms with van der Waals surface area (Å²) in [5, 5.41) is 0. The van der Waals surface area contributed by atoms with Crippen molar-refractivity contribution in [3.63, 3.8) is 0 Å². The smallest absolute Gasteiger partial charge is 0.151 e. The summed E-state index contributed by atoms with van der Waals surface area (Å²) in [6, 6.07) is 0. The van der Waals surface area contributed by atoms with Crippen LogP contribution in [0.4, 0.5) is 0 Å². The van der Waals surface area contributed by atoms with Gasteiger partial charge in [-0.15, -0.1) is 0 Å². The Labute approximate surface area is 68.0 Å². The molecule has 11 heavy (non-hydrogen) atoms. The van der Waals surface area contributed by atoms with Gasteiger partial charge in [-0.2, -0.15) is 0 Å². The molecule has 0 radical (unpaired) electrons. The van der Waals surface area contributed by atoms with E-state index in [1.165, 1.54) is 0 Å². The van der Waals surface area contributed by atoms with Crippen molar-refractivity contribution in [1.29, 1.82) is 0 Å². The van der Waals surface area contributed by atoms with Crippen LogP contribution in [0.15, 0.2) is 16.6 Å². The van der Waals surface area contributed by atoms with Crippen LogP contribution in [0.2, 0.25) is 0 Å². The van der Waals surface area contributed by atoms with Gasteiger partial charge in [0, 0.05) is 18.8 Å². The van der Waals surface area contributed by atoms with Crippen LogP contribution in [0.5, 0.6) is 0 Å². The van der Waals surface area contributed by atoms with Crippen LogP contribution in [0.3, 0.4) is 0 Å². The van der Waals surface area contributed by atoms with Crippen LogP contribution < -0.4 is 0 Å². The van der Waals surface area contributed by atoms with Gasteiger partial charge in [-0.25, -0.2) is 0 Å². The minimum absolute atomic E-state index is 0.681. The molecule has 0 saturated carbocycles. The summed E-state index contributed by atoms with van der Waals surface area (Å²) in [5.74, 6) is 0. The lowest BCUT2D eigenvalue weighted by atomic mass is 10.2. The van der Waals surface area contributed by atoms with Gasteiger partial charge in [0.05, 0.1) is 0 Å². The highest BCUT2D eigenvalue weighted by Gasteiger charge is 1.87. The van der Waals surface area contributed by atoms with Crippen molar-refractivity contribution in [2.75, 3.05) is 7.05 Å². The minimum atomic E-state index is 0.681. The molecule has 0 aliphatic rings. The van der Waals surface area contributed by atoms with Crippen molar-refractivity contribution in [3.05, 3.63) is 11.6 Å². The third-order valence-corrected chi connectivity index (χ3v) is 1.35. The molecule has 62 valence electrons. The summed E-state index contributed by atoms with van der Waals surface area (Å²) in [5.41, 5.74) is 0.681. The van der Waals surface area contributed by atoms with Gasteiger partial charge < -0.3 is 0 Å². The number of carbonyl (C=O) groups excluding carboxylic acids is 1. The van der Waals surface area contributed by atoms with Crippen molar-refractivity contribution >= 4 is 12.5 Å². The van der Waals surface area contributed by atoms with E-state index in [-0.39, 0.29) is 0 Å². The lowest BCUT2D eigenvalue weighted by molar-refractivity contribution is -0.104. The number of aliphatic imine (C=N–C) groups is 1. The first-order chi connectivity index (χ1) is 5.35. The molecule has 0 rings (SSSR count). The van der Waals surface area contributed by atoms with Crippen LogP contribution in [0, 0.1) is 0 Å². The van der Waals surface area contributed by atoms with Crippen molar-refractivity contribution in [2.24, 2.45) is 4.99 Å². The SMILES string of the molecule is CCCC/C=C(C=O)\C=N/C. The van der Waals surface area contributed by atoms with E-state index in [1.807, 2.05) is 6.08 Å². The minimum Gasteiger partial charge on any atom is -0.298 e. The van der Waals surface area contributed by atoms with E-state index in [9.17, 15) is 4.79 Å². The van der Waals surface area contributed by atoms with E-state index in [2.05, 4.69) is 11.9 Å². The molecular weight excluding hydrogens is 138 g/mol. The summed E-state index contributed by atoms with van der Waals surface area (Å²) in [6.07, 6.45) is 7.60. The maximum Gasteiger partial charge on any atom is 0.151 e. The molecule has 0 aromatic carbocycles. The Morgan fingerprint density at radius 1 is 1.55 bits per heavy atom. The number of nitrogens with zero attached hydrogens (tertiary/aromatic N) is 1. The molecule has 0 amide bonds. The van der Waals surface area contributed by atoms with Gasteiger partial charge in [-0.1, -0.05) is 25.8 Å². The zero-order valence-corrected chi connectivity index (χ0v) is 7.21. The molecule has 0 fully saturated rings. The highest BCUT2D eigenvalue weighted by Crippen LogP contribution is 1.97. The lowest BCUT2D eigenvalue weighted by Gasteiger charge is -1.90. The highest BCUT2D eigenvalue weighted by molar-refractivity contribution is 6.01. The number of rotatable bonds is 5. The normalized spacial score (nSPS) is 12.4. The van der Waals surface area contributed by atoms with E-state index >= 15 is 0 Å². The quantitative estimate of drug-likeness (QED) is 0.257. The third-order valence-electron chi connectivity index (χ3n) is 1.35. The maximum atomic E-state index is 10.3. The van der Waals surface area contributed by atoms with Crippen LogP contribution in [0.1, 0.15) is 26.2 Å². The predicted octanol–water partition coefficient (Wildman–Crippen LogP) is 2.00. The van der Waals surface area contributed by atoms with E-state index in [0.717, 1.165) is 25.5 Å². The number of allylic oxidation sites excluding steroid dienone is 2. The number of hydrogen-bond donors (Lipinski definition) is 0. The van der Waals surface area contributed by atoms with Gasteiger partial charge in [0.25, 0.3) is 0 Å². The highest BCUT2D eigenvalue weighted by atomic mass is 16.1. The van der Waals surface area contributed by atoms with Crippen LogP contribution >= 0.6 is 0 Å². The van der Waals surface area contributed by atoms with E-state index in [4.69, 9.17) is 0 Å². The molecular formula is C9H15NO. The topological polar surface area (TPSA) is 29.4 Å². The monoisotopic (exact) mass is 153 g/mol. The van der Waals surface area contributed by atoms with Gasteiger partial charge in [0.15, 0.2) is 6.29 Å². The van der Waals surface area contributed by atoms with Gasteiger partial charge in [-0.3, -0.25) is 9.79 Å². The average molecular weight is 153 g/mol. The van der Waals surface area contributed by atoms with Crippen LogP contribution in [-0.4, -0.2) is 19.5 Å². The van der Waals surface area contributed by atoms with Crippen molar-refractivity contribution < 1.29 is 4.79 Å². The van der Waals surface area contributed by atoms with E-state index < -0.39 is 0 Å². The molecule has 0 aliphatic carbocycles. The molecule has 0 spiro atoms. The summed E-state index contributed by atoms with van der Waals surface area (Å²) in [4.78, 5) is 14.1. The Kier molecular flexibility index (Phi) is 6.59. The Morgan fingerprint density at radius 3 is 2.73 bits per heavy atom. The fourth-order valence-corrected chi connectivity index (χ4v) is 0.753. The maximum absolute atomic E-state index is 10.3. The van der Waals surface area contributed by atoms with Crippen LogP contribution in [0.25, 0.3) is 0 Å². The molecule has 2 heteroatoms. The van der Waals surface area contributed by atoms with Gasteiger partial charge >= 0.3 is 0 Å². The fraction of sp³-hybridized carbons (Fsp3) is 0.556. The largest absolute Gasteiger partial charge is 0.298 e. The molecule has 0 aliphatic heterocycles. The second-order valence-corrected chi connectivity index (χ2v) is 2.35. The molecule has 0 saturated heterocycles. The predicted molar refractivity (Wildman–Crippen MR) is 48.1 cm³/mol. The number of carbonyl (C=O) groups is 1. The molecule has 0 unspecified atom stereocenters. The van der Waals surface area contributed by atoms with Crippen molar-refractivity contribution in [3.8, 4) is 0 Å². The lowest BCUT2D eigenvalue weighted by Crippen LogP contribution is -1.85. The summed E-state index contributed by atoms with van der Waals surface area (Å²) in [6.45, 7) is 2.13. The number of unbranched alkanes of at least 4 members (excludes halogenated alkanes) is 2. The summed E-state index contributed by atoms with van der Waals surface area (Å²) >= 11 is 0. The van der Waals surface area contributed by atoms with Crippen LogP contribution in [-0.2, 0) is 4.79 Å². The fourth-order valence-electron chi connectivity index (χ4n) is 0.753. The third kappa shape index (κ3) is 5.52. The first kappa shape index (κ1) is 10.1. The first-order valence-electron chi connectivity index (χ1n) is 3.92. The second-order valence-electron chi connectivity index (χ2n) is 2.35. The molecule has 2 nitrogen and oxygen atoms in total. The van der Waals surface area contributed by atoms with E-state index in [1.54, 1.807) is 13.3 Å². The number of hydrogen-bond acceptors (Lipinski definition) is 2. The summed E-state index contributed by atoms with van der Waals surface area (Å²) in [7, 11) is 1.66. The molecule has 0 aromatic heterocycles. The van der Waals surface area contributed by atoms with E-state index in [0.29, 0.717) is 5.57 Å². The molecule has 0 bridgehead atoms. The van der Waals surface area contributed by atoms with Crippen molar-refractivity contribution in [2.45, 2.75) is 26.2 Å². The van der Waals surface area contributed by atoms with Gasteiger partial charge in [0.2, 0.25) is 0 Å². The zero-order chi connectivity index (χ0) is 8.53. The first-order valence-corrected chi connectivity index (χ1v) is 3.92. The molecule has 0 N–H and O–H groups in total. The Morgan fingerprint density at radius 2 is 2.27 bits per heavy atom. The Balaban J connectivity index is 3.80. The van der Waals surface area contributed by atoms with Gasteiger partial charge in [0.1, 0.15) is 0 Å². The molecule has 0 aromatic rings. The van der Waals surface area contributed by atoms with Crippen molar-refractivity contribution in [1.82, 2.24) is 0 Å². The Bertz CT molecular complexity index is 159. The Hall–Kier alpha value is -0.920. The average Bonchev–Trinajstić information content (AvgIpc) is 2.03. The molecule has 0 heterocycles. The molecule has 0 atom stereocenters. The second kappa shape index (κ2) is 7.19. The number of aldehydes is 1. The summed E-state index contributed by atoms with van der Waals surface area (Å²) < 4.78 is 0. The zero-order valence-electron chi connectivity index (χ0n) is 7.21. The van der Waals surface area contributed by atoms with Gasteiger partial charge in [-0.05, 0) is 6.42 Å². The standard InChI is InChI=1S/C9H15NO/c1-3-4-5-6-9(8-11)7-10-2/h6-8H,3-5H2,1-2H3/b9-6+,10-7-.